The van der Waals surface area contributed by atoms with Gasteiger partial charge >= 0.3 is 0 Å². The Kier molecular flexibility index (Phi) is 8.15. The molecular formula is C18H22ClFN2O3. The van der Waals surface area contributed by atoms with Crippen LogP contribution in [-0.4, -0.2) is 26.3 Å². The molecule has 0 heterocycles. The van der Waals surface area contributed by atoms with Gasteiger partial charge in [0.1, 0.15) is 5.57 Å². The summed E-state index contributed by atoms with van der Waals surface area (Å²) < 4.78 is 24.0. The van der Waals surface area contributed by atoms with Gasteiger partial charge in [0.05, 0.1) is 18.7 Å². The average molecular weight is 369 g/mol. The van der Waals surface area contributed by atoms with Crippen LogP contribution in [0.5, 0.6) is 5.75 Å². The first-order valence-corrected chi connectivity index (χ1v) is 7.97. The maximum atomic E-state index is 13.7. The number of carbonyl (C=O) groups excluding carboxylic acids is 1. The largest absolute Gasteiger partial charge is 0.494 e. The van der Waals surface area contributed by atoms with Gasteiger partial charge in [-0.3, -0.25) is 4.79 Å². The van der Waals surface area contributed by atoms with Crippen LogP contribution in [0.1, 0.15) is 19.4 Å². The van der Waals surface area contributed by atoms with Crippen LogP contribution in [0, 0.1) is 11.7 Å². The van der Waals surface area contributed by atoms with E-state index in [-0.39, 0.29) is 34.7 Å². The van der Waals surface area contributed by atoms with Crippen LogP contribution in [0.25, 0.3) is 0 Å². The van der Waals surface area contributed by atoms with E-state index < -0.39 is 11.7 Å². The fraction of sp³-hybridized carbons (Fsp3) is 0.333. The van der Waals surface area contributed by atoms with Crippen LogP contribution in [-0.2, 0) is 16.1 Å². The molecule has 0 radical (unpaired) electrons. The first-order chi connectivity index (χ1) is 11.8. The summed E-state index contributed by atoms with van der Waals surface area (Å²) in [5, 5.41) is 2.61. The van der Waals surface area contributed by atoms with Gasteiger partial charge < -0.3 is 14.8 Å². The molecule has 1 N–H and O–H groups in total. The van der Waals surface area contributed by atoms with Gasteiger partial charge in [-0.2, -0.15) is 0 Å². The number of benzene rings is 1. The lowest BCUT2D eigenvalue weighted by Crippen LogP contribution is -2.26. The van der Waals surface area contributed by atoms with Crippen LogP contribution in [0.2, 0.25) is 0 Å². The maximum absolute atomic E-state index is 13.7. The van der Waals surface area contributed by atoms with Crippen molar-refractivity contribution >= 4 is 24.2 Å². The van der Waals surface area contributed by atoms with E-state index in [0.717, 1.165) is 0 Å². The maximum Gasteiger partial charge on any atom is 0.258 e. The van der Waals surface area contributed by atoms with E-state index in [1.165, 1.54) is 19.2 Å². The summed E-state index contributed by atoms with van der Waals surface area (Å²) >= 11 is 5.92. The monoisotopic (exact) mass is 368 g/mol. The highest BCUT2D eigenvalue weighted by Crippen LogP contribution is 2.21. The number of hydrogen-bond acceptors (Lipinski definition) is 4. The number of methoxy groups -OCH3 is 1. The molecule has 0 saturated carbocycles. The zero-order chi connectivity index (χ0) is 19.0. The highest BCUT2D eigenvalue weighted by molar-refractivity contribution is 6.35. The third-order valence-corrected chi connectivity index (χ3v) is 3.27. The SMILES string of the molecule is C=N/C(OCC(C)C)=C(\C(=C)Cl)C(=O)NCc1ccc(OC)c(F)c1. The fourth-order valence-corrected chi connectivity index (χ4v) is 2.04. The zero-order valence-electron chi connectivity index (χ0n) is 14.6. The summed E-state index contributed by atoms with van der Waals surface area (Å²) in [7, 11) is 1.38. The molecule has 25 heavy (non-hydrogen) atoms. The zero-order valence-corrected chi connectivity index (χ0v) is 15.3. The minimum Gasteiger partial charge on any atom is -0.494 e. The number of nitrogens with one attached hydrogen (secondary N) is 1. The van der Waals surface area contributed by atoms with Crippen LogP contribution in [0.3, 0.4) is 0 Å². The molecule has 0 atom stereocenters. The molecule has 0 saturated heterocycles. The van der Waals surface area contributed by atoms with Gasteiger partial charge in [0.25, 0.3) is 5.91 Å². The van der Waals surface area contributed by atoms with Crippen molar-refractivity contribution < 1.29 is 18.7 Å². The van der Waals surface area contributed by atoms with Crippen LogP contribution in [0.15, 0.2) is 46.3 Å². The van der Waals surface area contributed by atoms with Crippen molar-refractivity contribution in [2.45, 2.75) is 20.4 Å². The molecule has 0 aliphatic rings. The molecule has 1 aromatic rings. The van der Waals surface area contributed by atoms with E-state index in [0.29, 0.717) is 12.2 Å². The van der Waals surface area contributed by atoms with Crippen LogP contribution >= 0.6 is 11.6 Å². The number of ether oxygens (including phenoxy) is 2. The Morgan fingerprint density at radius 1 is 1.44 bits per heavy atom. The molecule has 0 aliphatic heterocycles. The average Bonchev–Trinajstić information content (AvgIpc) is 2.55. The first kappa shape index (κ1) is 20.7. The Morgan fingerprint density at radius 2 is 2.12 bits per heavy atom. The van der Waals surface area contributed by atoms with Gasteiger partial charge in [-0.15, -0.1) is 0 Å². The fourth-order valence-electron chi connectivity index (χ4n) is 1.87. The number of aliphatic imine (C=N–C) groups is 1. The van der Waals surface area contributed by atoms with Crippen molar-refractivity contribution in [3.05, 3.63) is 52.6 Å². The quantitative estimate of drug-likeness (QED) is 0.312. The Bertz CT molecular complexity index is 687. The smallest absolute Gasteiger partial charge is 0.258 e. The van der Waals surface area contributed by atoms with Gasteiger partial charge in [-0.05, 0) is 30.3 Å². The number of halogens is 2. The number of rotatable bonds is 9. The van der Waals surface area contributed by atoms with Crippen molar-refractivity contribution in [2.24, 2.45) is 10.9 Å². The van der Waals surface area contributed by atoms with Crippen molar-refractivity contribution in [1.29, 1.82) is 0 Å². The predicted molar refractivity (Wildman–Crippen MR) is 97.2 cm³/mol. The summed E-state index contributed by atoms with van der Waals surface area (Å²) in [5.41, 5.74) is 0.550. The van der Waals surface area contributed by atoms with Crippen molar-refractivity contribution in [2.75, 3.05) is 13.7 Å². The lowest BCUT2D eigenvalue weighted by molar-refractivity contribution is -0.117. The van der Waals surface area contributed by atoms with Gasteiger partial charge in [0.2, 0.25) is 5.88 Å². The minimum atomic E-state index is -0.539. The normalized spacial score (nSPS) is 11.6. The molecule has 5 nitrogen and oxygen atoms in total. The second kappa shape index (κ2) is 9.84. The highest BCUT2D eigenvalue weighted by atomic mass is 35.5. The van der Waals surface area contributed by atoms with E-state index in [1.54, 1.807) is 6.07 Å². The lowest BCUT2D eigenvalue weighted by Gasteiger charge is -2.14. The summed E-state index contributed by atoms with van der Waals surface area (Å²) in [4.78, 5) is 16.1. The summed E-state index contributed by atoms with van der Waals surface area (Å²) in [6.07, 6.45) is 0. The molecule has 1 rings (SSSR count). The standard InChI is InChI=1S/C18H22ClFN2O3/c1-11(2)10-25-18(21-4)16(12(3)19)17(23)22-9-13-6-7-15(24-5)14(20)8-13/h6-8,11H,3-4,9-10H2,1-2,5H3,(H,22,23)/b18-16-. The van der Waals surface area contributed by atoms with E-state index in [2.05, 4.69) is 23.6 Å². The molecular weight excluding hydrogens is 347 g/mol. The van der Waals surface area contributed by atoms with E-state index in [9.17, 15) is 9.18 Å². The van der Waals surface area contributed by atoms with Gasteiger partial charge in [-0.1, -0.05) is 38.1 Å². The predicted octanol–water partition coefficient (Wildman–Crippen LogP) is 3.79. The van der Waals surface area contributed by atoms with Crippen LogP contribution < -0.4 is 10.1 Å². The third kappa shape index (κ3) is 6.23. The summed E-state index contributed by atoms with van der Waals surface area (Å²) in [5.74, 6) is -0.688. The lowest BCUT2D eigenvalue weighted by atomic mass is 10.2. The number of carbonyl (C=O) groups is 1. The van der Waals surface area contributed by atoms with Crippen molar-refractivity contribution in [3.8, 4) is 5.75 Å². The molecule has 0 fully saturated rings. The van der Waals surface area contributed by atoms with E-state index in [4.69, 9.17) is 21.1 Å². The number of hydrogen-bond donors (Lipinski definition) is 1. The minimum absolute atomic E-state index is 0.00658. The molecule has 0 spiro atoms. The topological polar surface area (TPSA) is 59.9 Å². The molecule has 0 aromatic heterocycles. The first-order valence-electron chi connectivity index (χ1n) is 7.59. The highest BCUT2D eigenvalue weighted by Gasteiger charge is 2.19. The van der Waals surface area contributed by atoms with E-state index in [1.807, 2.05) is 13.8 Å². The summed E-state index contributed by atoms with van der Waals surface area (Å²) in [6.45, 7) is 11.3. The molecule has 0 bridgehead atoms. The Hall–Kier alpha value is -2.34. The Labute approximate surface area is 152 Å². The third-order valence-electron chi connectivity index (χ3n) is 3.08. The molecule has 1 aromatic carbocycles. The summed E-state index contributed by atoms with van der Waals surface area (Å²) in [6, 6.07) is 4.40. The Balaban J connectivity index is 2.91. The van der Waals surface area contributed by atoms with Crippen molar-refractivity contribution in [1.82, 2.24) is 5.32 Å². The van der Waals surface area contributed by atoms with E-state index >= 15 is 0 Å². The second-order valence-electron chi connectivity index (χ2n) is 5.60. The molecule has 1 amide bonds. The molecule has 0 aliphatic carbocycles. The number of amides is 1. The second-order valence-corrected chi connectivity index (χ2v) is 6.06. The van der Waals surface area contributed by atoms with Gasteiger partial charge in [0.15, 0.2) is 11.6 Å². The molecule has 7 heteroatoms. The number of nitrogens with zero attached hydrogens (tertiary/aromatic N) is 1. The Morgan fingerprint density at radius 3 is 2.60 bits per heavy atom. The molecule has 136 valence electrons. The van der Waals surface area contributed by atoms with Gasteiger partial charge in [0, 0.05) is 6.54 Å². The van der Waals surface area contributed by atoms with Crippen LogP contribution in [0.4, 0.5) is 4.39 Å². The van der Waals surface area contributed by atoms with Crippen molar-refractivity contribution in [3.63, 3.8) is 0 Å². The van der Waals surface area contributed by atoms with Gasteiger partial charge in [-0.25, -0.2) is 9.38 Å². The molecule has 0 unspecified atom stereocenters.